The van der Waals surface area contributed by atoms with Crippen LogP contribution in [-0.2, 0) is 4.79 Å². The minimum atomic E-state index is -1.12. The standard InChI is InChI=1S/C11H12N2O3S/c14-9(8-1-4-12-5-2-8)13-11(10(15)16)3-6-17-7-11/h1-2,4-5H,3,6-7H2,(H,13,14)(H,15,16)/t11-/m1/s1. The van der Waals surface area contributed by atoms with Gasteiger partial charge in [-0.3, -0.25) is 9.78 Å². The van der Waals surface area contributed by atoms with Crippen molar-refractivity contribution >= 4 is 23.6 Å². The quantitative estimate of drug-likeness (QED) is 0.830. The second-order valence-electron chi connectivity index (χ2n) is 3.88. The normalized spacial score (nSPS) is 23.3. The molecule has 1 atom stereocenters. The number of carbonyl (C=O) groups is 2. The molecule has 2 N–H and O–H groups in total. The van der Waals surface area contributed by atoms with Gasteiger partial charge in [0.15, 0.2) is 0 Å². The number of amides is 1. The van der Waals surface area contributed by atoms with Crippen molar-refractivity contribution in [3.8, 4) is 0 Å². The third kappa shape index (κ3) is 2.41. The van der Waals surface area contributed by atoms with Crippen LogP contribution >= 0.6 is 11.8 Å². The van der Waals surface area contributed by atoms with Gasteiger partial charge in [-0.15, -0.1) is 0 Å². The van der Waals surface area contributed by atoms with Crippen molar-refractivity contribution in [1.82, 2.24) is 10.3 Å². The maximum atomic E-state index is 11.9. The van der Waals surface area contributed by atoms with Crippen molar-refractivity contribution < 1.29 is 14.7 Å². The SMILES string of the molecule is O=C(N[C@]1(C(=O)O)CCSC1)c1ccncc1. The van der Waals surface area contributed by atoms with Crippen molar-refractivity contribution in [2.24, 2.45) is 0 Å². The third-order valence-corrected chi connectivity index (χ3v) is 3.92. The van der Waals surface area contributed by atoms with E-state index in [-0.39, 0.29) is 5.91 Å². The summed E-state index contributed by atoms with van der Waals surface area (Å²) in [5, 5.41) is 11.8. The molecule has 0 unspecified atom stereocenters. The Morgan fingerprint density at radius 3 is 2.65 bits per heavy atom. The van der Waals surface area contributed by atoms with Crippen LogP contribution in [0.2, 0.25) is 0 Å². The number of hydrogen-bond donors (Lipinski definition) is 2. The predicted molar refractivity (Wildman–Crippen MR) is 64.0 cm³/mol. The van der Waals surface area contributed by atoms with E-state index in [0.29, 0.717) is 17.7 Å². The van der Waals surface area contributed by atoms with Gasteiger partial charge in [0.25, 0.3) is 5.91 Å². The average Bonchev–Trinajstić information content (AvgIpc) is 2.80. The smallest absolute Gasteiger partial charge is 0.330 e. The fourth-order valence-electron chi connectivity index (χ4n) is 1.68. The molecule has 1 aliphatic rings. The van der Waals surface area contributed by atoms with E-state index in [1.54, 1.807) is 12.1 Å². The molecule has 6 heteroatoms. The molecule has 90 valence electrons. The number of hydrogen-bond acceptors (Lipinski definition) is 4. The van der Waals surface area contributed by atoms with Gasteiger partial charge in [0.2, 0.25) is 0 Å². The Bertz CT molecular complexity index is 430. The number of pyridine rings is 1. The maximum Gasteiger partial charge on any atom is 0.330 e. The highest BCUT2D eigenvalue weighted by molar-refractivity contribution is 7.99. The van der Waals surface area contributed by atoms with Gasteiger partial charge < -0.3 is 10.4 Å². The lowest BCUT2D eigenvalue weighted by Gasteiger charge is -2.24. The Kier molecular flexibility index (Phi) is 3.33. The lowest BCUT2D eigenvalue weighted by Crippen LogP contribution is -2.54. The highest BCUT2D eigenvalue weighted by Gasteiger charge is 2.43. The van der Waals surface area contributed by atoms with Crippen molar-refractivity contribution in [2.75, 3.05) is 11.5 Å². The summed E-state index contributed by atoms with van der Waals surface area (Å²) >= 11 is 1.54. The first kappa shape index (κ1) is 11.9. The predicted octanol–water partition coefficient (Wildman–Crippen LogP) is 0.772. The molecular formula is C11H12N2O3S. The minimum absolute atomic E-state index is 0.364. The van der Waals surface area contributed by atoms with E-state index in [4.69, 9.17) is 0 Å². The second kappa shape index (κ2) is 4.75. The summed E-state index contributed by atoms with van der Waals surface area (Å²) in [4.78, 5) is 27.0. The average molecular weight is 252 g/mol. The Morgan fingerprint density at radius 1 is 1.41 bits per heavy atom. The summed E-state index contributed by atoms with van der Waals surface area (Å²) in [6, 6.07) is 3.12. The van der Waals surface area contributed by atoms with Crippen LogP contribution in [0.15, 0.2) is 24.5 Å². The topological polar surface area (TPSA) is 79.3 Å². The van der Waals surface area contributed by atoms with Crippen LogP contribution in [0.4, 0.5) is 0 Å². The molecule has 1 aromatic rings. The lowest BCUT2D eigenvalue weighted by atomic mass is 9.98. The molecule has 0 saturated carbocycles. The molecular weight excluding hydrogens is 240 g/mol. The second-order valence-corrected chi connectivity index (χ2v) is 4.99. The summed E-state index contributed by atoms with van der Waals surface area (Å²) in [6.45, 7) is 0. The van der Waals surface area contributed by atoms with Crippen LogP contribution in [0.25, 0.3) is 0 Å². The molecule has 0 aliphatic carbocycles. The number of rotatable bonds is 3. The molecule has 0 radical (unpaired) electrons. The van der Waals surface area contributed by atoms with Crippen LogP contribution in [0.1, 0.15) is 16.8 Å². The molecule has 1 aliphatic heterocycles. The number of carboxylic acid groups (broad SMARTS) is 1. The van der Waals surface area contributed by atoms with Gasteiger partial charge in [-0.05, 0) is 24.3 Å². The molecule has 0 spiro atoms. The van der Waals surface area contributed by atoms with Gasteiger partial charge in [0.1, 0.15) is 5.54 Å². The van der Waals surface area contributed by atoms with E-state index in [1.165, 1.54) is 24.2 Å². The zero-order chi connectivity index (χ0) is 12.3. The maximum absolute atomic E-state index is 11.9. The number of thioether (sulfide) groups is 1. The van der Waals surface area contributed by atoms with Crippen molar-refractivity contribution in [3.05, 3.63) is 30.1 Å². The summed E-state index contributed by atoms with van der Waals surface area (Å²) in [5.74, 6) is -0.163. The molecule has 17 heavy (non-hydrogen) atoms. The molecule has 0 aromatic carbocycles. The molecule has 2 rings (SSSR count). The van der Waals surface area contributed by atoms with Crippen LogP contribution in [-0.4, -0.2) is 39.0 Å². The van der Waals surface area contributed by atoms with E-state index in [2.05, 4.69) is 10.3 Å². The van der Waals surface area contributed by atoms with Crippen LogP contribution in [0.3, 0.4) is 0 Å². The Morgan fingerprint density at radius 2 is 2.12 bits per heavy atom. The van der Waals surface area contributed by atoms with E-state index in [1.807, 2.05) is 0 Å². The van der Waals surface area contributed by atoms with Crippen molar-refractivity contribution in [1.29, 1.82) is 0 Å². The summed E-state index contributed by atoms with van der Waals surface area (Å²) in [5.41, 5.74) is -0.692. The van der Waals surface area contributed by atoms with Gasteiger partial charge in [-0.2, -0.15) is 11.8 Å². The largest absolute Gasteiger partial charge is 0.479 e. The lowest BCUT2D eigenvalue weighted by molar-refractivity contribution is -0.143. The Labute approximate surface area is 103 Å². The van der Waals surface area contributed by atoms with E-state index >= 15 is 0 Å². The Hall–Kier alpha value is -1.56. The monoisotopic (exact) mass is 252 g/mol. The van der Waals surface area contributed by atoms with E-state index < -0.39 is 11.5 Å². The summed E-state index contributed by atoms with van der Waals surface area (Å²) < 4.78 is 0. The molecule has 1 aromatic heterocycles. The van der Waals surface area contributed by atoms with Gasteiger partial charge in [-0.1, -0.05) is 0 Å². The van der Waals surface area contributed by atoms with Gasteiger partial charge >= 0.3 is 5.97 Å². The fourth-order valence-corrected chi connectivity index (χ4v) is 3.00. The van der Waals surface area contributed by atoms with Gasteiger partial charge in [-0.25, -0.2) is 4.79 Å². The zero-order valence-electron chi connectivity index (χ0n) is 9.05. The molecule has 1 fully saturated rings. The first-order chi connectivity index (χ1) is 8.14. The van der Waals surface area contributed by atoms with Gasteiger partial charge in [0, 0.05) is 23.7 Å². The van der Waals surface area contributed by atoms with Crippen LogP contribution < -0.4 is 5.32 Å². The number of aliphatic carboxylic acids is 1. The first-order valence-electron chi connectivity index (χ1n) is 5.18. The number of nitrogens with one attached hydrogen (secondary N) is 1. The van der Waals surface area contributed by atoms with Crippen molar-refractivity contribution in [3.63, 3.8) is 0 Å². The number of carbonyl (C=O) groups excluding carboxylic acids is 1. The number of nitrogens with zero attached hydrogens (tertiary/aromatic N) is 1. The summed E-state index contributed by atoms with van der Waals surface area (Å²) in [7, 11) is 0. The molecule has 1 amide bonds. The van der Waals surface area contributed by atoms with Crippen molar-refractivity contribution in [2.45, 2.75) is 12.0 Å². The molecule has 5 nitrogen and oxygen atoms in total. The zero-order valence-corrected chi connectivity index (χ0v) is 9.87. The first-order valence-corrected chi connectivity index (χ1v) is 6.33. The highest BCUT2D eigenvalue weighted by Crippen LogP contribution is 2.28. The molecule has 1 saturated heterocycles. The minimum Gasteiger partial charge on any atom is -0.479 e. The highest BCUT2D eigenvalue weighted by atomic mass is 32.2. The number of carboxylic acids is 1. The van der Waals surface area contributed by atoms with Gasteiger partial charge in [0.05, 0.1) is 0 Å². The Balaban J connectivity index is 2.15. The number of aromatic nitrogens is 1. The molecule has 0 bridgehead atoms. The van der Waals surface area contributed by atoms with E-state index in [0.717, 1.165) is 5.75 Å². The van der Waals surface area contributed by atoms with E-state index in [9.17, 15) is 14.7 Å². The molecule has 2 heterocycles. The van der Waals surface area contributed by atoms with Crippen LogP contribution in [0, 0.1) is 0 Å². The fraction of sp³-hybridized carbons (Fsp3) is 0.364. The van der Waals surface area contributed by atoms with Crippen LogP contribution in [0.5, 0.6) is 0 Å². The summed E-state index contributed by atoms with van der Waals surface area (Å²) in [6.07, 6.45) is 3.47. The third-order valence-electron chi connectivity index (χ3n) is 2.73.